The summed E-state index contributed by atoms with van der Waals surface area (Å²) in [5.41, 5.74) is -1.12. The minimum Gasteiger partial charge on any atom is -0.632 e. The molecule has 0 saturated carbocycles. The number of rotatable bonds is 6. The van der Waals surface area contributed by atoms with Gasteiger partial charge in [-0.2, -0.15) is 0 Å². The van der Waals surface area contributed by atoms with E-state index in [-0.39, 0.29) is 13.2 Å². The van der Waals surface area contributed by atoms with Crippen LogP contribution in [0.15, 0.2) is 11.6 Å². The smallest absolute Gasteiger partial charge is 0.341 e. The van der Waals surface area contributed by atoms with E-state index in [4.69, 9.17) is 9.47 Å². The normalized spacial score (nSPS) is 34.0. The first-order chi connectivity index (χ1) is 10.7. The lowest BCUT2D eigenvalue weighted by Crippen LogP contribution is -2.54. The lowest BCUT2D eigenvalue weighted by atomic mass is 9.85. The lowest BCUT2D eigenvalue weighted by molar-refractivity contribution is -0.877. The molecule has 0 unspecified atom stereocenters. The summed E-state index contributed by atoms with van der Waals surface area (Å²) < 4.78 is 9.92. The molecule has 0 aromatic rings. The van der Waals surface area contributed by atoms with Gasteiger partial charge in [0.1, 0.15) is 18.8 Å². The number of hydrogen-bond donors (Lipinski definition) is 2. The van der Waals surface area contributed by atoms with Gasteiger partial charge in [0, 0.05) is 19.1 Å². The molecule has 2 rings (SSSR count). The zero-order valence-electron chi connectivity index (χ0n) is 14.2. The third-order valence-corrected chi connectivity index (χ3v) is 5.27. The third-order valence-electron chi connectivity index (χ3n) is 5.27. The van der Waals surface area contributed by atoms with Gasteiger partial charge >= 0.3 is 5.97 Å². The molecule has 2 aliphatic rings. The molecule has 0 amide bonds. The number of hydrogen-bond acceptors (Lipinski definition) is 6. The Kier molecular flexibility index (Phi) is 5.18. The van der Waals surface area contributed by atoms with Crippen LogP contribution in [0.5, 0.6) is 0 Å². The van der Waals surface area contributed by atoms with Gasteiger partial charge in [0.15, 0.2) is 5.60 Å². The average molecular weight is 329 g/mol. The number of nitrogens with zero attached hydrogens (tertiary/aromatic N) is 1. The highest BCUT2D eigenvalue weighted by Crippen LogP contribution is 2.36. The fourth-order valence-corrected chi connectivity index (χ4v) is 3.57. The first-order valence-electron chi connectivity index (χ1n) is 8.04. The highest BCUT2D eigenvalue weighted by Gasteiger charge is 2.49. The van der Waals surface area contributed by atoms with Crippen molar-refractivity contribution in [2.24, 2.45) is 5.92 Å². The Morgan fingerprint density at radius 2 is 2.17 bits per heavy atom. The molecular formula is C16H27NO6. The first kappa shape index (κ1) is 18.4. The summed E-state index contributed by atoms with van der Waals surface area (Å²) in [6.45, 7) is 5.61. The fourth-order valence-electron chi connectivity index (χ4n) is 3.57. The highest BCUT2D eigenvalue weighted by molar-refractivity contribution is 5.80. The number of quaternary nitrogens is 1. The van der Waals surface area contributed by atoms with Gasteiger partial charge in [0.05, 0.1) is 19.2 Å². The van der Waals surface area contributed by atoms with Crippen molar-refractivity contribution >= 4 is 5.97 Å². The predicted octanol–water partition coefficient (Wildman–Crippen LogP) is 0.339. The van der Waals surface area contributed by atoms with E-state index in [1.807, 2.05) is 0 Å². The molecule has 2 heterocycles. The number of aliphatic hydroxyl groups is 2. The van der Waals surface area contributed by atoms with Crippen LogP contribution in [0.2, 0.25) is 0 Å². The van der Waals surface area contributed by atoms with Gasteiger partial charge in [0.2, 0.25) is 0 Å². The minimum atomic E-state index is -1.76. The largest absolute Gasteiger partial charge is 0.632 e. The highest BCUT2D eigenvalue weighted by atomic mass is 16.6. The molecule has 2 aliphatic heterocycles. The van der Waals surface area contributed by atoms with E-state index in [0.29, 0.717) is 18.5 Å². The van der Waals surface area contributed by atoms with Crippen molar-refractivity contribution < 1.29 is 29.1 Å². The number of aliphatic hydroxyl groups excluding tert-OH is 1. The van der Waals surface area contributed by atoms with Gasteiger partial charge in [-0.25, -0.2) is 4.79 Å². The number of esters is 1. The van der Waals surface area contributed by atoms with Crippen molar-refractivity contribution in [2.75, 3.05) is 26.8 Å². The molecule has 7 heteroatoms. The van der Waals surface area contributed by atoms with Crippen molar-refractivity contribution in [1.29, 1.82) is 0 Å². The number of fused-ring (bicyclic) bond motifs is 1. The molecule has 0 aromatic heterocycles. The van der Waals surface area contributed by atoms with Crippen LogP contribution in [0.3, 0.4) is 0 Å². The second-order valence-corrected chi connectivity index (χ2v) is 6.87. The second kappa shape index (κ2) is 6.49. The molecular weight excluding hydrogens is 302 g/mol. The van der Waals surface area contributed by atoms with Gasteiger partial charge in [-0.05, 0) is 18.9 Å². The molecule has 5 atom stereocenters. The van der Waals surface area contributed by atoms with Crippen LogP contribution in [0, 0.1) is 11.1 Å². The number of ether oxygens (including phenoxy) is 2. The number of hydroxylamine groups is 3. The average Bonchev–Trinajstić information content (AvgIpc) is 2.99. The molecule has 2 N–H and O–H groups in total. The Hall–Kier alpha value is -0.990. The standard InChI is InChI=1S/C16H27NO6/c1-10(2)16(20,11(3)22-4)15(19)23-9-12-5-7-17(21)8-6-13(18)14(12)17/h5,10-11,13-14,18,20H,6-9H2,1-4H3/t11-,13+,14-,16+,17+/m1/s1. The quantitative estimate of drug-likeness (QED) is 0.315. The van der Waals surface area contributed by atoms with Crippen LogP contribution in [-0.4, -0.2) is 71.5 Å². The zero-order valence-corrected chi connectivity index (χ0v) is 14.2. The zero-order chi connectivity index (χ0) is 17.4. The molecule has 1 saturated heterocycles. The van der Waals surface area contributed by atoms with E-state index in [0.717, 1.165) is 0 Å². The van der Waals surface area contributed by atoms with Crippen LogP contribution in [-0.2, 0) is 14.3 Å². The second-order valence-electron chi connectivity index (χ2n) is 6.87. The molecule has 0 bridgehead atoms. The molecule has 0 aliphatic carbocycles. The summed E-state index contributed by atoms with van der Waals surface area (Å²) in [5.74, 6) is -1.17. The Bertz CT molecular complexity index is 493. The van der Waals surface area contributed by atoms with Crippen molar-refractivity contribution in [3.05, 3.63) is 16.9 Å². The molecule has 0 radical (unpaired) electrons. The molecule has 7 nitrogen and oxygen atoms in total. The van der Waals surface area contributed by atoms with Crippen LogP contribution in [0.25, 0.3) is 0 Å². The van der Waals surface area contributed by atoms with Crippen molar-refractivity contribution in [2.45, 2.75) is 51.0 Å². The van der Waals surface area contributed by atoms with E-state index in [1.165, 1.54) is 7.11 Å². The van der Waals surface area contributed by atoms with Gasteiger partial charge < -0.3 is 29.5 Å². The van der Waals surface area contributed by atoms with Crippen LogP contribution >= 0.6 is 0 Å². The topological polar surface area (TPSA) is 99.1 Å². The van der Waals surface area contributed by atoms with E-state index >= 15 is 0 Å². The van der Waals surface area contributed by atoms with E-state index in [2.05, 4.69) is 0 Å². The fraction of sp³-hybridized carbons (Fsp3) is 0.812. The first-order valence-corrected chi connectivity index (χ1v) is 8.04. The molecule has 0 spiro atoms. The van der Waals surface area contributed by atoms with Gasteiger partial charge in [-0.1, -0.05) is 13.8 Å². The lowest BCUT2D eigenvalue weighted by Gasteiger charge is -2.40. The Morgan fingerprint density at radius 1 is 1.52 bits per heavy atom. The maximum atomic E-state index is 12.5. The molecule has 1 fully saturated rings. The van der Waals surface area contributed by atoms with Crippen LogP contribution < -0.4 is 0 Å². The van der Waals surface area contributed by atoms with Crippen molar-refractivity contribution in [3.8, 4) is 0 Å². The summed E-state index contributed by atoms with van der Waals surface area (Å²) in [5, 5.41) is 33.2. The van der Waals surface area contributed by atoms with Crippen LogP contribution in [0.4, 0.5) is 0 Å². The number of methoxy groups -OCH3 is 1. The maximum absolute atomic E-state index is 12.5. The minimum absolute atomic E-state index is 0.0890. The summed E-state index contributed by atoms with van der Waals surface area (Å²) in [7, 11) is 1.42. The van der Waals surface area contributed by atoms with Crippen LogP contribution in [0.1, 0.15) is 27.2 Å². The summed E-state index contributed by atoms with van der Waals surface area (Å²) in [6, 6.07) is -0.560. The maximum Gasteiger partial charge on any atom is 0.341 e. The van der Waals surface area contributed by atoms with Crippen molar-refractivity contribution in [3.63, 3.8) is 0 Å². The summed E-state index contributed by atoms with van der Waals surface area (Å²) >= 11 is 0. The van der Waals surface area contributed by atoms with Gasteiger partial charge in [-0.15, -0.1) is 0 Å². The SMILES string of the molecule is CO[C@H](C)[C@](O)(C(=O)OCC1=CC[N@+]2([O-])CC[C@H](O)[C@@H]12)C(C)C. The molecule has 23 heavy (non-hydrogen) atoms. The predicted molar refractivity (Wildman–Crippen MR) is 83.1 cm³/mol. The number of carbonyl (C=O) groups excluding carboxylic acids is 1. The Balaban J connectivity index is 2.04. The Labute approximate surface area is 136 Å². The van der Waals surface area contributed by atoms with Crippen molar-refractivity contribution in [1.82, 2.24) is 0 Å². The molecule has 0 aromatic carbocycles. The number of carbonyl (C=O) groups is 1. The van der Waals surface area contributed by atoms with Gasteiger partial charge in [-0.3, -0.25) is 0 Å². The molecule has 132 valence electrons. The summed E-state index contributed by atoms with van der Waals surface area (Å²) in [4.78, 5) is 12.4. The van der Waals surface area contributed by atoms with E-state index < -0.39 is 40.4 Å². The van der Waals surface area contributed by atoms with Gasteiger partial charge in [0.25, 0.3) is 0 Å². The van der Waals surface area contributed by atoms with E-state index in [1.54, 1.807) is 26.8 Å². The Morgan fingerprint density at radius 3 is 2.74 bits per heavy atom. The third kappa shape index (κ3) is 3.04. The summed E-state index contributed by atoms with van der Waals surface area (Å²) in [6.07, 6.45) is 0.762. The van der Waals surface area contributed by atoms with E-state index in [9.17, 15) is 20.2 Å². The monoisotopic (exact) mass is 329 g/mol.